The van der Waals surface area contributed by atoms with E-state index in [0.717, 1.165) is 18.9 Å². The van der Waals surface area contributed by atoms with Gasteiger partial charge in [0.15, 0.2) is 0 Å². The minimum Gasteiger partial charge on any atom is -0.377 e. The Kier molecular flexibility index (Phi) is 10.0. The van der Waals surface area contributed by atoms with Crippen LogP contribution in [0.1, 0.15) is 19.8 Å². The van der Waals surface area contributed by atoms with Gasteiger partial charge in [0.2, 0.25) is 0 Å². The van der Waals surface area contributed by atoms with Gasteiger partial charge < -0.3 is 13.3 Å². The fourth-order valence-electron chi connectivity index (χ4n) is 1.33. The highest BCUT2D eigenvalue weighted by atomic mass is 28.4. The van der Waals surface area contributed by atoms with E-state index in [0.29, 0.717) is 0 Å². The smallest absolute Gasteiger partial charge is 0.377 e. The fraction of sp³-hybridized carbons (Fsp3) is 0.538. The highest BCUT2D eigenvalue weighted by molar-refractivity contribution is 6.60. The maximum Gasteiger partial charge on any atom is 0.500 e. The molecule has 0 aliphatic rings. The number of unbranched alkanes of at least 4 members (excludes halogenated alkanes) is 1. The van der Waals surface area contributed by atoms with Crippen molar-refractivity contribution in [1.29, 1.82) is 0 Å². The molecule has 98 valence electrons. The van der Waals surface area contributed by atoms with E-state index in [9.17, 15) is 0 Å². The summed E-state index contributed by atoms with van der Waals surface area (Å²) in [5, 5.41) is 0. The lowest BCUT2D eigenvalue weighted by Gasteiger charge is -2.23. The Morgan fingerprint density at radius 3 is 1.35 bits per heavy atom. The van der Waals surface area contributed by atoms with Gasteiger partial charge in [-0.3, -0.25) is 0 Å². The summed E-state index contributed by atoms with van der Waals surface area (Å²) in [4.78, 5) is 0. The zero-order chi connectivity index (χ0) is 13.0. The third-order valence-corrected chi connectivity index (χ3v) is 5.27. The van der Waals surface area contributed by atoms with Crippen molar-refractivity contribution in [2.45, 2.75) is 25.8 Å². The SMILES string of the molecule is CCCC[Si](OC)(OC)OC.c1ccccc1. The molecule has 0 aliphatic heterocycles. The van der Waals surface area contributed by atoms with E-state index < -0.39 is 8.80 Å². The van der Waals surface area contributed by atoms with Crippen LogP contribution in [-0.2, 0) is 13.3 Å². The van der Waals surface area contributed by atoms with Gasteiger partial charge in [0.25, 0.3) is 0 Å². The topological polar surface area (TPSA) is 27.7 Å². The quantitative estimate of drug-likeness (QED) is 0.731. The molecule has 0 fully saturated rings. The maximum atomic E-state index is 5.23. The normalized spacial score (nSPS) is 10.6. The van der Waals surface area contributed by atoms with Crippen molar-refractivity contribution in [3.63, 3.8) is 0 Å². The second kappa shape index (κ2) is 10.5. The lowest BCUT2D eigenvalue weighted by molar-refractivity contribution is 0.123. The summed E-state index contributed by atoms with van der Waals surface area (Å²) in [6.45, 7) is 2.14. The van der Waals surface area contributed by atoms with Crippen LogP contribution in [0.5, 0.6) is 0 Å². The van der Waals surface area contributed by atoms with E-state index in [2.05, 4.69) is 6.92 Å². The van der Waals surface area contributed by atoms with Crippen LogP contribution in [0.2, 0.25) is 6.04 Å². The summed E-state index contributed by atoms with van der Waals surface area (Å²) in [5.41, 5.74) is 0. The van der Waals surface area contributed by atoms with Crippen LogP contribution in [0.4, 0.5) is 0 Å². The summed E-state index contributed by atoms with van der Waals surface area (Å²) in [6, 6.07) is 12.9. The van der Waals surface area contributed by atoms with Gasteiger partial charge in [-0.25, -0.2) is 0 Å². The van der Waals surface area contributed by atoms with E-state index in [1.165, 1.54) is 0 Å². The van der Waals surface area contributed by atoms with E-state index >= 15 is 0 Å². The van der Waals surface area contributed by atoms with Gasteiger partial charge in [-0.2, -0.15) is 0 Å². The second-order valence-corrected chi connectivity index (χ2v) is 6.64. The first-order chi connectivity index (χ1) is 8.24. The molecule has 0 aromatic heterocycles. The molecular weight excluding hydrogens is 232 g/mol. The van der Waals surface area contributed by atoms with Gasteiger partial charge in [-0.05, 0) is 6.42 Å². The van der Waals surface area contributed by atoms with Crippen molar-refractivity contribution < 1.29 is 13.3 Å². The number of rotatable bonds is 6. The minimum atomic E-state index is -2.24. The lowest BCUT2D eigenvalue weighted by atomic mass is 10.4. The maximum absolute atomic E-state index is 5.23. The second-order valence-electron chi connectivity index (χ2n) is 3.55. The molecule has 1 aromatic carbocycles. The van der Waals surface area contributed by atoms with Gasteiger partial charge in [0.1, 0.15) is 0 Å². The van der Waals surface area contributed by atoms with Crippen molar-refractivity contribution in [1.82, 2.24) is 0 Å². The number of hydrogen-bond donors (Lipinski definition) is 0. The largest absolute Gasteiger partial charge is 0.500 e. The van der Waals surface area contributed by atoms with Crippen molar-refractivity contribution in [2.75, 3.05) is 21.3 Å². The Morgan fingerprint density at radius 2 is 1.12 bits per heavy atom. The Morgan fingerprint density at radius 1 is 0.765 bits per heavy atom. The Balaban J connectivity index is 0.000000354. The highest BCUT2D eigenvalue weighted by Gasteiger charge is 2.36. The Bertz CT molecular complexity index is 215. The predicted molar refractivity (Wildman–Crippen MR) is 72.9 cm³/mol. The average Bonchev–Trinajstić information content (AvgIpc) is 2.44. The molecule has 0 radical (unpaired) electrons. The van der Waals surface area contributed by atoms with E-state index in [1.807, 2.05) is 36.4 Å². The van der Waals surface area contributed by atoms with Crippen LogP contribution >= 0.6 is 0 Å². The van der Waals surface area contributed by atoms with Crippen molar-refractivity contribution >= 4 is 8.80 Å². The highest BCUT2D eigenvalue weighted by Crippen LogP contribution is 2.15. The van der Waals surface area contributed by atoms with Crippen LogP contribution in [0, 0.1) is 0 Å². The minimum absolute atomic E-state index is 0.910. The standard InChI is InChI=1S/C7H18O3Si.C6H6/c1-5-6-7-11(8-2,9-3)10-4;1-2-4-6-5-3-1/h5-7H2,1-4H3;1-6H. The molecule has 0 bridgehead atoms. The molecule has 0 spiro atoms. The molecule has 0 saturated heterocycles. The van der Waals surface area contributed by atoms with Gasteiger partial charge in [-0.1, -0.05) is 49.7 Å². The van der Waals surface area contributed by atoms with E-state index in [-0.39, 0.29) is 0 Å². The molecule has 0 atom stereocenters. The first kappa shape index (κ1) is 16.3. The third kappa shape index (κ3) is 7.28. The van der Waals surface area contributed by atoms with Crippen molar-refractivity contribution in [3.8, 4) is 0 Å². The first-order valence-electron chi connectivity index (χ1n) is 5.90. The van der Waals surface area contributed by atoms with Gasteiger partial charge >= 0.3 is 8.80 Å². The number of hydrogen-bond acceptors (Lipinski definition) is 3. The lowest BCUT2D eigenvalue weighted by Crippen LogP contribution is -2.42. The van der Waals surface area contributed by atoms with Crippen LogP contribution in [0.15, 0.2) is 36.4 Å². The van der Waals surface area contributed by atoms with Crippen molar-refractivity contribution in [2.24, 2.45) is 0 Å². The monoisotopic (exact) mass is 256 g/mol. The van der Waals surface area contributed by atoms with Gasteiger partial charge in [0, 0.05) is 27.4 Å². The molecule has 0 saturated carbocycles. The molecule has 3 nitrogen and oxygen atoms in total. The molecule has 0 amide bonds. The number of benzene rings is 1. The molecule has 0 aliphatic carbocycles. The molecule has 0 unspecified atom stereocenters. The molecule has 0 heterocycles. The average molecular weight is 256 g/mol. The predicted octanol–water partition coefficient (Wildman–Crippen LogP) is 3.35. The van der Waals surface area contributed by atoms with Crippen LogP contribution < -0.4 is 0 Å². The Hall–Kier alpha value is -0.683. The third-order valence-electron chi connectivity index (χ3n) is 2.44. The molecule has 1 rings (SSSR count). The summed E-state index contributed by atoms with van der Waals surface area (Å²) >= 11 is 0. The van der Waals surface area contributed by atoms with E-state index in [4.69, 9.17) is 13.3 Å². The molecular formula is C13H24O3Si. The van der Waals surface area contributed by atoms with Crippen LogP contribution in [0.3, 0.4) is 0 Å². The molecule has 17 heavy (non-hydrogen) atoms. The Labute approximate surface area is 106 Å². The first-order valence-corrected chi connectivity index (χ1v) is 7.83. The zero-order valence-electron chi connectivity index (χ0n) is 11.3. The fourth-order valence-corrected chi connectivity index (χ4v) is 3.23. The van der Waals surface area contributed by atoms with Crippen LogP contribution in [-0.4, -0.2) is 30.1 Å². The molecule has 4 heteroatoms. The van der Waals surface area contributed by atoms with Crippen molar-refractivity contribution in [3.05, 3.63) is 36.4 Å². The summed E-state index contributed by atoms with van der Waals surface area (Å²) < 4.78 is 15.7. The van der Waals surface area contributed by atoms with Crippen LogP contribution in [0.25, 0.3) is 0 Å². The van der Waals surface area contributed by atoms with Gasteiger partial charge in [-0.15, -0.1) is 0 Å². The van der Waals surface area contributed by atoms with E-state index in [1.54, 1.807) is 21.3 Å². The zero-order valence-corrected chi connectivity index (χ0v) is 12.3. The van der Waals surface area contributed by atoms with Gasteiger partial charge in [0.05, 0.1) is 0 Å². The molecule has 1 aromatic rings. The summed E-state index contributed by atoms with van der Waals surface area (Å²) in [7, 11) is 2.70. The molecule has 0 N–H and O–H groups in total. The summed E-state index contributed by atoms with van der Waals surface area (Å²) in [5.74, 6) is 0. The summed E-state index contributed by atoms with van der Waals surface area (Å²) in [6.07, 6.45) is 2.24.